The van der Waals surface area contributed by atoms with Gasteiger partial charge in [0.2, 0.25) is 5.91 Å². The fourth-order valence-electron chi connectivity index (χ4n) is 1.70. The van der Waals surface area contributed by atoms with E-state index in [-0.39, 0.29) is 5.91 Å². The Morgan fingerprint density at radius 1 is 1.22 bits per heavy atom. The summed E-state index contributed by atoms with van der Waals surface area (Å²) in [7, 11) is 0. The van der Waals surface area contributed by atoms with E-state index in [0.717, 1.165) is 32.0 Å². The Bertz CT molecular complexity index is 347. The fourth-order valence-corrected chi connectivity index (χ4v) is 1.70. The number of carbonyl (C=O) groups is 1. The maximum absolute atomic E-state index is 11.1. The van der Waals surface area contributed by atoms with Crippen molar-refractivity contribution in [3.63, 3.8) is 0 Å². The van der Waals surface area contributed by atoms with Gasteiger partial charge < -0.3 is 9.80 Å². The monoisotopic (exact) mass is 250 g/mol. The van der Waals surface area contributed by atoms with Gasteiger partial charge in [-0.15, -0.1) is 0 Å². The second-order valence-corrected chi connectivity index (χ2v) is 4.26. The van der Waals surface area contributed by atoms with Crippen molar-refractivity contribution in [3.8, 4) is 0 Å². The quantitative estimate of drug-likeness (QED) is 0.759. The number of piperazine rings is 1. The molecule has 2 heterocycles. The molecule has 0 N–H and O–H groups in total. The zero-order valence-corrected chi connectivity index (χ0v) is 11.5. The molecule has 0 aliphatic carbocycles. The third kappa shape index (κ3) is 4.31. The number of aromatic nitrogens is 2. The summed E-state index contributed by atoms with van der Waals surface area (Å²) in [5, 5.41) is 0. The van der Waals surface area contributed by atoms with Gasteiger partial charge in [-0.25, -0.2) is 4.98 Å². The van der Waals surface area contributed by atoms with Crippen LogP contribution in [-0.2, 0) is 4.79 Å². The molecule has 1 saturated heterocycles. The molecule has 0 unspecified atom stereocenters. The second-order valence-electron chi connectivity index (χ2n) is 4.26. The van der Waals surface area contributed by atoms with Crippen molar-refractivity contribution in [2.75, 3.05) is 31.1 Å². The van der Waals surface area contributed by atoms with Gasteiger partial charge >= 0.3 is 0 Å². The molecule has 1 amide bonds. The van der Waals surface area contributed by atoms with E-state index in [0.29, 0.717) is 0 Å². The average Bonchev–Trinajstić information content (AvgIpc) is 2.41. The van der Waals surface area contributed by atoms with Gasteiger partial charge in [-0.05, 0) is 0 Å². The van der Waals surface area contributed by atoms with Gasteiger partial charge in [-0.2, -0.15) is 0 Å². The molecular weight excluding hydrogens is 228 g/mol. The first kappa shape index (κ1) is 14.4. The zero-order valence-electron chi connectivity index (χ0n) is 11.5. The van der Waals surface area contributed by atoms with E-state index in [4.69, 9.17) is 0 Å². The highest BCUT2D eigenvalue weighted by Crippen LogP contribution is 2.10. The molecule has 0 saturated carbocycles. The van der Waals surface area contributed by atoms with Crippen LogP contribution in [0.1, 0.15) is 27.2 Å². The van der Waals surface area contributed by atoms with Crippen LogP contribution in [0.15, 0.2) is 18.6 Å². The summed E-state index contributed by atoms with van der Waals surface area (Å²) in [5.74, 6) is 1.04. The van der Waals surface area contributed by atoms with Crippen LogP contribution in [0.5, 0.6) is 0 Å². The molecule has 1 aliphatic heterocycles. The lowest BCUT2D eigenvalue weighted by molar-refractivity contribution is -0.129. The summed E-state index contributed by atoms with van der Waals surface area (Å²) in [6, 6.07) is 0. The highest BCUT2D eigenvalue weighted by molar-refractivity contribution is 5.73. The summed E-state index contributed by atoms with van der Waals surface area (Å²) in [6.45, 7) is 9.06. The number of hydrogen-bond donors (Lipinski definition) is 0. The molecule has 1 aromatic rings. The molecule has 5 nitrogen and oxygen atoms in total. The molecule has 1 fully saturated rings. The third-order valence-corrected chi connectivity index (χ3v) is 2.60. The minimum absolute atomic E-state index is 0.147. The summed E-state index contributed by atoms with van der Waals surface area (Å²) in [4.78, 5) is 23.4. The number of rotatable bonds is 1. The van der Waals surface area contributed by atoms with E-state index < -0.39 is 0 Å². The topological polar surface area (TPSA) is 49.3 Å². The van der Waals surface area contributed by atoms with E-state index in [1.54, 1.807) is 25.5 Å². The third-order valence-electron chi connectivity index (χ3n) is 2.60. The van der Waals surface area contributed by atoms with Gasteiger partial charge in [0.1, 0.15) is 5.82 Å². The van der Waals surface area contributed by atoms with Crippen molar-refractivity contribution >= 4 is 11.7 Å². The van der Waals surface area contributed by atoms with Crippen LogP contribution in [0.2, 0.25) is 0 Å². The Morgan fingerprint density at radius 2 is 1.83 bits per heavy atom. The molecule has 2 rings (SSSR count). The lowest BCUT2D eigenvalue weighted by atomic mass is 10.3. The van der Waals surface area contributed by atoms with Gasteiger partial charge in [-0.1, -0.05) is 20.3 Å². The van der Waals surface area contributed by atoms with Crippen molar-refractivity contribution in [1.82, 2.24) is 14.9 Å². The number of amides is 1. The van der Waals surface area contributed by atoms with E-state index in [1.807, 2.05) is 4.90 Å². The standard InChI is InChI=1S/C10H14N4O.C3H8/c1-9(15)13-4-6-14(7-5-13)10-8-11-2-3-12-10;1-3-2/h2-3,8H,4-7H2,1H3;3H2,1-2H3. The molecule has 0 bridgehead atoms. The van der Waals surface area contributed by atoms with Gasteiger partial charge in [0.25, 0.3) is 0 Å². The Kier molecular flexibility index (Phi) is 6.11. The van der Waals surface area contributed by atoms with E-state index in [2.05, 4.69) is 28.7 Å². The van der Waals surface area contributed by atoms with E-state index >= 15 is 0 Å². The van der Waals surface area contributed by atoms with Crippen LogP contribution in [-0.4, -0.2) is 47.0 Å². The SMILES string of the molecule is CC(=O)N1CCN(c2cnccn2)CC1.CCC. The molecule has 1 aromatic heterocycles. The first-order valence-corrected chi connectivity index (χ1v) is 6.45. The second kappa shape index (κ2) is 7.63. The van der Waals surface area contributed by atoms with Crippen molar-refractivity contribution in [3.05, 3.63) is 18.6 Å². The summed E-state index contributed by atoms with van der Waals surface area (Å²) in [5.41, 5.74) is 0. The van der Waals surface area contributed by atoms with Crippen LogP contribution in [0, 0.1) is 0 Å². The normalized spacial score (nSPS) is 14.8. The van der Waals surface area contributed by atoms with Crippen molar-refractivity contribution in [2.24, 2.45) is 0 Å². The fraction of sp³-hybridized carbons (Fsp3) is 0.615. The van der Waals surface area contributed by atoms with Crippen molar-refractivity contribution in [2.45, 2.75) is 27.2 Å². The Hall–Kier alpha value is -1.65. The molecule has 0 atom stereocenters. The molecular formula is C13H22N4O. The lowest BCUT2D eigenvalue weighted by Crippen LogP contribution is -2.48. The Morgan fingerprint density at radius 3 is 2.28 bits per heavy atom. The maximum atomic E-state index is 11.1. The van der Waals surface area contributed by atoms with E-state index in [9.17, 15) is 4.79 Å². The Labute approximate surface area is 109 Å². The van der Waals surface area contributed by atoms with Crippen molar-refractivity contribution < 1.29 is 4.79 Å². The number of anilines is 1. The number of nitrogens with zero attached hydrogens (tertiary/aromatic N) is 4. The molecule has 5 heteroatoms. The van der Waals surface area contributed by atoms with Crippen LogP contribution in [0.25, 0.3) is 0 Å². The van der Waals surface area contributed by atoms with E-state index in [1.165, 1.54) is 6.42 Å². The summed E-state index contributed by atoms with van der Waals surface area (Å²) < 4.78 is 0. The van der Waals surface area contributed by atoms with Crippen LogP contribution >= 0.6 is 0 Å². The smallest absolute Gasteiger partial charge is 0.219 e. The molecule has 1 aliphatic rings. The first-order valence-electron chi connectivity index (χ1n) is 6.45. The molecule has 0 aromatic carbocycles. The van der Waals surface area contributed by atoms with Gasteiger partial charge in [0.05, 0.1) is 6.20 Å². The highest BCUT2D eigenvalue weighted by atomic mass is 16.2. The maximum Gasteiger partial charge on any atom is 0.219 e. The predicted octanol–water partition coefficient (Wildman–Crippen LogP) is 1.56. The molecule has 100 valence electrons. The first-order chi connectivity index (χ1) is 8.69. The summed E-state index contributed by atoms with van der Waals surface area (Å²) >= 11 is 0. The minimum atomic E-state index is 0.147. The van der Waals surface area contributed by atoms with Crippen LogP contribution < -0.4 is 4.90 Å². The lowest BCUT2D eigenvalue weighted by Gasteiger charge is -2.34. The summed E-state index contributed by atoms with van der Waals surface area (Å²) in [6.07, 6.45) is 6.35. The number of carbonyl (C=O) groups excluding carboxylic acids is 1. The predicted molar refractivity (Wildman–Crippen MR) is 72.5 cm³/mol. The largest absolute Gasteiger partial charge is 0.352 e. The van der Waals surface area contributed by atoms with Crippen LogP contribution in [0.3, 0.4) is 0 Å². The van der Waals surface area contributed by atoms with Gasteiger partial charge in [0, 0.05) is 45.5 Å². The average molecular weight is 250 g/mol. The molecule has 18 heavy (non-hydrogen) atoms. The Balaban J connectivity index is 0.000000492. The van der Waals surface area contributed by atoms with Gasteiger partial charge in [-0.3, -0.25) is 9.78 Å². The minimum Gasteiger partial charge on any atom is -0.352 e. The van der Waals surface area contributed by atoms with Crippen LogP contribution in [0.4, 0.5) is 5.82 Å². The van der Waals surface area contributed by atoms with Gasteiger partial charge in [0.15, 0.2) is 0 Å². The molecule has 0 spiro atoms. The zero-order chi connectivity index (χ0) is 13.4. The highest BCUT2D eigenvalue weighted by Gasteiger charge is 2.19. The van der Waals surface area contributed by atoms with Crippen molar-refractivity contribution in [1.29, 1.82) is 0 Å². The number of hydrogen-bond acceptors (Lipinski definition) is 4. The molecule has 0 radical (unpaired) electrons.